The Morgan fingerprint density at radius 3 is 2.50 bits per heavy atom. The van der Waals surface area contributed by atoms with Crippen molar-refractivity contribution in [2.75, 3.05) is 18.1 Å². The zero-order valence-corrected chi connectivity index (χ0v) is 16.0. The first kappa shape index (κ1) is 17.4. The summed E-state index contributed by atoms with van der Waals surface area (Å²) in [5.41, 5.74) is 5.47. The summed E-state index contributed by atoms with van der Waals surface area (Å²) in [4.78, 5) is 12.3. The molecule has 4 nitrogen and oxygen atoms in total. The molecule has 0 spiro atoms. The maximum absolute atomic E-state index is 12.3. The fourth-order valence-corrected chi connectivity index (χ4v) is 5.78. The number of hydrogen-bond donors (Lipinski definition) is 1. The van der Waals surface area contributed by atoms with Crippen molar-refractivity contribution in [3.8, 4) is 0 Å². The van der Waals surface area contributed by atoms with E-state index in [9.17, 15) is 4.79 Å². The van der Waals surface area contributed by atoms with Gasteiger partial charge in [-0.05, 0) is 43.5 Å². The summed E-state index contributed by atoms with van der Waals surface area (Å²) < 4.78 is 2.42. The van der Waals surface area contributed by atoms with E-state index in [1.807, 2.05) is 54.3 Å². The number of amides is 1. The highest BCUT2D eigenvalue weighted by atomic mass is 32.2. The topological polar surface area (TPSA) is 46.9 Å². The van der Waals surface area contributed by atoms with Crippen molar-refractivity contribution in [1.29, 1.82) is 0 Å². The van der Waals surface area contributed by atoms with Gasteiger partial charge < -0.3 is 5.32 Å². The molecule has 1 aromatic heterocycles. The SMILES string of the molecule is Cc1nn(C)c(C)c1CCNC(=O)c1ccc(C2SCCS2)cc1. The number of rotatable bonds is 5. The van der Waals surface area contributed by atoms with Crippen molar-refractivity contribution >= 4 is 29.4 Å². The quantitative estimate of drug-likeness (QED) is 0.886. The lowest BCUT2D eigenvalue weighted by Crippen LogP contribution is -2.25. The number of aromatic nitrogens is 2. The molecule has 0 saturated carbocycles. The zero-order chi connectivity index (χ0) is 17.1. The molecule has 0 radical (unpaired) electrons. The lowest BCUT2D eigenvalue weighted by atomic mass is 10.1. The van der Waals surface area contributed by atoms with E-state index >= 15 is 0 Å². The highest BCUT2D eigenvalue weighted by molar-refractivity contribution is 8.19. The van der Waals surface area contributed by atoms with Crippen LogP contribution in [0.1, 0.15) is 37.5 Å². The van der Waals surface area contributed by atoms with Crippen molar-refractivity contribution in [1.82, 2.24) is 15.1 Å². The van der Waals surface area contributed by atoms with E-state index in [-0.39, 0.29) is 5.91 Å². The Bertz CT molecular complexity index is 719. The number of nitrogens with one attached hydrogen (secondary N) is 1. The molecule has 2 aromatic rings. The summed E-state index contributed by atoms with van der Waals surface area (Å²) in [6.07, 6.45) is 0.810. The van der Waals surface area contributed by atoms with Crippen molar-refractivity contribution in [3.05, 3.63) is 52.3 Å². The van der Waals surface area contributed by atoms with E-state index in [1.165, 1.54) is 22.6 Å². The standard InChI is InChI=1S/C18H23N3OS2/c1-12-16(13(2)21(3)20-12)8-9-19-17(22)14-4-6-15(7-5-14)18-23-10-11-24-18/h4-7,18H,8-11H2,1-3H3,(H,19,22). The second kappa shape index (κ2) is 7.66. The van der Waals surface area contributed by atoms with Crippen LogP contribution in [-0.2, 0) is 13.5 Å². The average Bonchev–Trinajstić information content (AvgIpc) is 3.19. The van der Waals surface area contributed by atoms with Gasteiger partial charge in [-0.1, -0.05) is 12.1 Å². The van der Waals surface area contributed by atoms with Gasteiger partial charge >= 0.3 is 0 Å². The van der Waals surface area contributed by atoms with Gasteiger partial charge in [0.05, 0.1) is 10.3 Å². The highest BCUT2D eigenvalue weighted by Crippen LogP contribution is 2.45. The summed E-state index contributed by atoms with van der Waals surface area (Å²) in [5, 5.41) is 7.43. The van der Waals surface area contributed by atoms with Gasteiger partial charge in [0, 0.05) is 36.4 Å². The van der Waals surface area contributed by atoms with Crippen LogP contribution in [0, 0.1) is 13.8 Å². The van der Waals surface area contributed by atoms with Crippen LogP contribution in [0.15, 0.2) is 24.3 Å². The number of aryl methyl sites for hydroxylation is 2. The molecule has 3 rings (SSSR count). The molecule has 1 aliphatic rings. The number of carbonyl (C=O) groups is 1. The van der Waals surface area contributed by atoms with Gasteiger partial charge in [0.15, 0.2) is 0 Å². The minimum absolute atomic E-state index is 0.00697. The predicted molar refractivity (Wildman–Crippen MR) is 103 cm³/mol. The van der Waals surface area contributed by atoms with Gasteiger partial charge in [-0.2, -0.15) is 5.10 Å². The Balaban J connectivity index is 1.55. The Morgan fingerprint density at radius 1 is 1.25 bits per heavy atom. The van der Waals surface area contributed by atoms with Gasteiger partial charge in [-0.25, -0.2) is 0 Å². The first-order valence-electron chi connectivity index (χ1n) is 8.16. The summed E-state index contributed by atoms with van der Waals surface area (Å²) in [6.45, 7) is 4.71. The molecule has 6 heteroatoms. The average molecular weight is 362 g/mol. The Kier molecular flexibility index (Phi) is 5.56. The molecule has 2 heterocycles. The zero-order valence-electron chi connectivity index (χ0n) is 14.3. The first-order valence-corrected chi connectivity index (χ1v) is 10.3. The van der Waals surface area contributed by atoms with Crippen LogP contribution in [0.2, 0.25) is 0 Å². The van der Waals surface area contributed by atoms with Crippen LogP contribution in [0.3, 0.4) is 0 Å². The third kappa shape index (κ3) is 3.81. The fraction of sp³-hybridized carbons (Fsp3) is 0.444. The molecule has 1 aliphatic heterocycles. The minimum atomic E-state index is -0.00697. The minimum Gasteiger partial charge on any atom is -0.352 e. The third-order valence-electron chi connectivity index (χ3n) is 4.39. The number of thioether (sulfide) groups is 2. The van der Waals surface area contributed by atoms with Crippen molar-refractivity contribution < 1.29 is 4.79 Å². The van der Waals surface area contributed by atoms with Crippen LogP contribution in [0.25, 0.3) is 0 Å². The van der Waals surface area contributed by atoms with Crippen LogP contribution >= 0.6 is 23.5 Å². The lowest BCUT2D eigenvalue weighted by molar-refractivity contribution is 0.0954. The third-order valence-corrected chi connectivity index (χ3v) is 7.49. The molecular formula is C18H23N3OS2. The van der Waals surface area contributed by atoms with Gasteiger partial charge in [0.25, 0.3) is 5.91 Å². The maximum Gasteiger partial charge on any atom is 0.251 e. The van der Waals surface area contributed by atoms with Crippen LogP contribution in [0.4, 0.5) is 0 Å². The lowest BCUT2D eigenvalue weighted by Gasteiger charge is -2.10. The smallest absolute Gasteiger partial charge is 0.251 e. The highest BCUT2D eigenvalue weighted by Gasteiger charge is 2.18. The van der Waals surface area contributed by atoms with Crippen molar-refractivity contribution in [2.45, 2.75) is 24.9 Å². The molecule has 0 bridgehead atoms. The van der Waals surface area contributed by atoms with Crippen molar-refractivity contribution in [3.63, 3.8) is 0 Å². The van der Waals surface area contributed by atoms with E-state index in [2.05, 4.69) is 29.5 Å². The molecule has 1 saturated heterocycles. The Morgan fingerprint density at radius 2 is 1.92 bits per heavy atom. The molecule has 0 atom stereocenters. The van der Waals surface area contributed by atoms with Crippen molar-refractivity contribution in [2.24, 2.45) is 7.05 Å². The molecule has 128 valence electrons. The first-order chi connectivity index (χ1) is 11.6. The van der Waals surface area contributed by atoms with Crippen LogP contribution in [-0.4, -0.2) is 33.7 Å². The number of hydrogen-bond acceptors (Lipinski definition) is 4. The molecule has 0 unspecified atom stereocenters. The van der Waals surface area contributed by atoms with E-state index in [0.717, 1.165) is 23.4 Å². The number of benzene rings is 1. The second-order valence-corrected chi connectivity index (χ2v) is 8.70. The fourth-order valence-electron chi connectivity index (χ4n) is 2.92. The molecular weight excluding hydrogens is 338 g/mol. The number of carbonyl (C=O) groups excluding carboxylic acids is 1. The molecule has 24 heavy (non-hydrogen) atoms. The van der Waals surface area contributed by atoms with Gasteiger partial charge in [0.1, 0.15) is 0 Å². The second-order valence-electron chi connectivity index (χ2n) is 5.97. The molecule has 1 amide bonds. The van der Waals surface area contributed by atoms with Gasteiger partial charge in [-0.3, -0.25) is 9.48 Å². The summed E-state index contributed by atoms with van der Waals surface area (Å²) >= 11 is 3.96. The summed E-state index contributed by atoms with van der Waals surface area (Å²) in [6, 6.07) is 8.04. The maximum atomic E-state index is 12.3. The molecule has 1 N–H and O–H groups in total. The number of nitrogens with zero attached hydrogens (tertiary/aromatic N) is 2. The normalized spacial score (nSPS) is 15.0. The largest absolute Gasteiger partial charge is 0.352 e. The van der Waals surface area contributed by atoms with E-state index < -0.39 is 0 Å². The van der Waals surface area contributed by atoms with E-state index in [0.29, 0.717) is 11.1 Å². The van der Waals surface area contributed by atoms with Gasteiger partial charge in [0.2, 0.25) is 0 Å². The van der Waals surface area contributed by atoms with Crippen LogP contribution in [0.5, 0.6) is 0 Å². The van der Waals surface area contributed by atoms with E-state index in [4.69, 9.17) is 0 Å². The summed E-state index contributed by atoms with van der Waals surface area (Å²) in [7, 11) is 1.95. The van der Waals surface area contributed by atoms with E-state index in [1.54, 1.807) is 0 Å². The molecule has 1 fully saturated rings. The monoisotopic (exact) mass is 361 g/mol. The predicted octanol–water partition coefficient (Wildman–Crippen LogP) is 3.49. The molecule has 1 aromatic carbocycles. The van der Waals surface area contributed by atoms with Gasteiger partial charge in [-0.15, -0.1) is 23.5 Å². The Hall–Kier alpha value is -1.40. The molecule has 0 aliphatic carbocycles. The summed E-state index contributed by atoms with van der Waals surface area (Å²) in [5.74, 6) is 2.42. The Labute approximate surface area is 151 Å². The van der Waals surface area contributed by atoms with Crippen LogP contribution < -0.4 is 5.32 Å².